The van der Waals surface area contributed by atoms with E-state index in [9.17, 15) is 14.7 Å². The number of rotatable bonds is 5. The van der Waals surface area contributed by atoms with Crippen molar-refractivity contribution < 1.29 is 19.4 Å². The molecule has 0 bridgehead atoms. The van der Waals surface area contributed by atoms with Crippen LogP contribution in [0.5, 0.6) is 0 Å². The number of nitrogens with one attached hydrogen (secondary N) is 2. The quantitative estimate of drug-likeness (QED) is 0.667. The van der Waals surface area contributed by atoms with E-state index in [1.165, 1.54) is 0 Å². The zero-order chi connectivity index (χ0) is 17.9. The summed E-state index contributed by atoms with van der Waals surface area (Å²) in [6.45, 7) is 11.6. The molecule has 0 saturated carbocycles. The third-order valence-electron chi connectivity index (χ3n) is 3.38. The highest BCUT2D eigenvalue weighted by molar-refractivity contribution is 5.76. The zero-order valence-corrected chi connectivity index (χ0v) is 15.2. The SMILES string of the molecule is CC(C)(C)OC=O.CC(C)CCC(=O)NC1CCCNCC1O. The molecule has 0 aromatic carbocycles. The maximum Gasteiger partial charge on any atom is 0.293 e. The van der Waals surface area contributed by atoms with Crippen LogP contribution < -0.4 is 10.6 Å². The molecule has 2 atom stereocenters. The molecule has 0 radical (unpaired) electrons. The van der Waals surface area contributed by atoms with Crippen LogP contribution in [0, 0.1) is 5.92 Å². The van der Waals surface area contributed by atoms with Crippen LogP contribution in [0.2, 0.25) is 0 Å². The van der Waals surface area contributed by atoms with Gasteiger partial charge in [-0.3, -0.25) is 9.59 Å². The average Bonchev–Trinajstić information content (AvgIpc) is 2.61. The molecular weight excluding hydrogens is 296 g/mol. The van der Waals surface area contributed by atoms with Crippen molar-refractivity contribution in [3.05, 3.63) is 0 Å². The number of carbonyl (C=O) groups excluding carboxylic acids is 2. The van der Waals surface area contributed by atoms with Gasteiger partial charge in [0.1, 0.15) is 5.60 Å². The Morgan fingerprint density at radius 3 is 2.57 bits per heavy atom. The number of hydrogen-bond acceptors (Lipinski definition) is 5. The monoisotopic (exact) mass is 330 g/mol. The predicted molar refractivity (Wildman–Crippen MR) is 91.0 cm³/mol. The van der Waals surface area contributed by atoms with Crippen molar-refractivity contribution in [1.29, 1.82) is 0 Å². The van der Waals surface area contributed by atoms with Gasteiger partial charge in [-0.05, 0) is 52.5 Å². The van der Waals surface area contributed by atoms with Gasteiger partial charge in [-0.2, -0.15) is 0 Å². The Balaban J connectivity index is 0.000000585. The second kappa shape index (κ2) is 11.4. The molecule has 1 amide bonds. The van der Waals surface area contributed by atoms with Gasteiger partial charge in [0.15, 0.2) is 0 Å². The minimum atomic E-state index is -0.453. The molecule has 0 aliphatic carbocycles. The standard InChI is InChI=1S/C12H24N2O2.C5H10O2/c1-9(2)5-6-12(16)14-10-4-3-7-13-8-11(10)15;1-5(2,3)7-4-6/h9-11,13,15H,3-8H2,1-2H3,(H,14,16);4H,1-3H3. The molecule has 1 aliphatic rings. The van der Waals surface area contributed by atoms with E-state index in [0.29, 0.717) is 25.4 Å². The Labute approximate surface area is 140 Å². The molecule has 0 aromatic heterocycles. The topological polar surface area (TPSA) is 87.7 Å². The summed E-state index contributed by atoms with van der Waals surface area (Å²) in [7, 11) is 0. The van der Waals surface area contributed by atoms with Crippen LogP contribution in [0.3, 0.4) is 0 Å². The van der Waals surface area contributed by atoms with E-state index in [2.05, 4.69) is 29.2 Å². The third-order valence-corrected chi connectivity index (χ3v) is 3.38. The fraction of sp³-hybridized carbons (Fsp3) is 0.882. The van der Waals surface area contributed by atoms with Gasteiger partial charge in [-0.1, -0.05) is 13.8 Å². The van der Waals surface area contributed by atoms with Crippen molar-refractivity contribution in [2.24, 2.45) is 5.92 Å². The Hall–Kier alpha value is -1.14. The molecule has 0 aromatic rings. The van der Waals surface area contributed by atoms with E-state index < -0.39 is 6.10 Å². The van der Waals surface area contributed by atoms with Crippen LogP contribution in [0.25, 0.3) is 0 Å². The zero-order valence-electron chi connectivity index (χ0n) is 15.2. The summed E-state index contributed by atoms with van der Waals surface area (Å²) in [6.07, 6.45) is 2.89. The predicted octanol–water partition coefficient (Wildman–Crippen LogP) is 1.61. The van der Waals surface area contributed by atoms with Gasteiger partial charge < -0.3 is 20.5 Å². The smallest absolute Gasteiger partial charge is 0.293 e. The molecule has 0 spiro atoms. The van der Waals surface area contributed by atoms with Gasteiger partial charge >= 0.3 is 0 Å². The number of hydrogen-bond donors (Lipinski definition) is 3. The molecule has 23 heavy (non-hydrogen) atoms. The fourth-order valence-corrected chi connectivity index (χ4v) is 2.04. The lowest BCUT2D eigenvalue weighted by Gasteiger charge is -2.21. The molecule has 136 valence electrons. The Bertz CT molecular complexity index is 340. The van der Waals surface area contributed by atoms with Crippen molar-refractivity contribution in [3.8, 4) is 0 Å². The molecule has 3 N–H and O–H groups in total. The lowest BCUT2D eigenvalue weighted by molar-refractivity contribution is -0.138. The minimum Gasteiger partial charge on any atom is -0.462 e. The van der Waals surface area contributed by atoms with E-state index in [1.54, 1.807) is 0 Å². The molecule has 6 nitrogen and oxygen atoms in total. The summed E-state index contributed by atoms with van der Waals surface area (Å²) in [5.74, 6) is 0.617. The number of ether oxygens (including phenoxy) is 1. The van der Waals surface area contributed by atoms with Gasteiger partial charge in [-0.25, -0.2) is 0 Å². The number of β-amino-alcohol motifs (C(OH)–C–C–N with tert-alkyl or cyclic N) is 1. The van der Waals surface area contributed by atoms with Crippen LogP contribution >= 0.6 is 0 Å². The van der Waals surface area contributed by atoms with Gasteiger partial charge in [0.2, 0.25) is 5.91 Å². The summed E-state index contributed by atoms with van der Waals surface area (Å²) >= 11 is 0. The Kier molecular flexibility index (Phi) is 10.8. The second-order valence-electron chi connectivity index (χ2n) is 7.35. The molecule has 1 fully saturated rings. The molecular formula is C17H34N2O4. The summed E-state index contributed by atoms with van der Waals surface area (Å²) in [4.78, 5) is 21.2. The average molecular weight is 330 g/mol. The van der Waals surface area contributed by atoms with Crippen LogP contribution in [-0.4, -0.2) is 48.3 Å². The Morgan fingerprint density at radius 2 is 2.09 bits per heavy atom. The molecule has 1 heterocycles. The first kappa shape index (κ1) is 21.9. The minimum absolute atomic E-state index is 0.0691. The normalized spacial score (nSPS) is 21.7. The summed E-state index contributed by atoms with van der Waals surface area (Å²) in [6, 6.07) is -0.0744. The summed E-state index contributed by atoms with van der Waals surface area (Å²) in [5.41, 5.74) is -0.318. The molecule has 1 saturated heterocycles. The second-order valence-corrected chi connectivity index (χ2v) is 7.35. The summed E-state index contributed by atoms with van der Waals surface area (Å²) < 4.78 is 4.55. The van der Waals surface area contributed by atoms with Gasteiger partial charge in [0.05, 0.1) is 12.1 Å². The van der Waals surface area contributed by atoms with Gasteiger partial charge in [0, 0.05) is 13.0 Å². The number of aliphatic hydroxyl groups is 1. The van der Waals surface area contributed by atoms with E-state index in [0.717, 1.165) is 25.8 Å². The number of carbonyl (C=O) groups is 2. The fourth-order valence-electron chi connectivity index (χ4n) is 2.04. The number of aliphatic hydroxyl groups excluding tert-OH is 1. The van der Waals surface area contributed by atoms with E-state index in [4.69, 9.17) is 0 Å². The third kappa shape index (κ3) is 13.0. The van der Waals surface area contributed by atoms with Crippen LogP contribution in [-0.2, 0) is 14.3 Å². The van der Waals surface area contributed by atoms with Crippen molar-refractivity contribution in [1.82, 2.24) is 10.6 Å². The van der Waals surface area contributed by atoms with Gasteiger partial charge in [-0.15, -0.1) is 0 Å². The summed E-state index contributed by atoms with van der Waals surface area (Å²) in [5, 5.41) is 15.9. The first-order chi connectivity index (χ1) is 10.7. The highest BCUT2D eigenvalue weighted by Gasteiger charge is 2.22. The highest BCUT2D eigenvalue weighted by atomic mass is 16.5. The molecule has 2 unspecified atom stereocenters. The first-order valence-electron chi connectivity index (χ1n) is 8.45. The van der Waals surface area contributed by atoms with E-state index >= 15 is 0 Å². The molecule has 1 aliphatic heterocycles. The molecule has 1 rings (SSSR count). The maximum absolute atomic E-state index is 11.6. The lowest BCUT2D eigenvalue weighted by Crippen LogP contribution is -2.45. The van der Waals surface area contributed by atoms with Crippen molar-refractivity contribution in [3.63, 3.8) is 0 Å². The van der Waals surface area contributed by atoms with Crippen molar-refractivity contribution in [2.75, 3.05) is 13.1 Å². The van der Waals surface area contributed by atoms with E-state index in [-0.39, 0.29) is 17.6 Å². The molecule has 6 heteroatoms. The van der Waals surface area contributed by atoms with Crippen LogP contribution in [0.4, 0.5) is 0 Å². The number of amides is 1. The Morgan fingerprint density at radius 1 is 1.43 bits per heavy atom. The maximum atomic E-state index is 11.6. The first-order valence-corrected chi connectivity index (χ1v) is 8.45. The van der Waals surface area contributed by atoms with Crippen molar-refractivity contribution >= 4 is 12.4 Å². The van der Waals surface area contributed by atoms with Crippen LogP contribution in [0.15, 0.2) is 0 Å². The van der Waals surface area contributed by atoms with E-state index in [1.807, 2.05) is 20.8 Å². The largest absolute Gasteiger partial charge is 0.462 e. The van der Waals surface area contributed by atoms with Gasteiger partial charge in [0.25, 0.3) is 6.47 Å². The highest BCUT2D eigenvalue weighted by Crippen LogP contribution is 2.08. The van der Waals surface area contributed by atoms with Crippen molar-refractivity contribution in [2.45, 2.75) is 78.0 Å². The van der Waals surface area contributed by atoms with Crippen LogP contribution in [0.1, 0.15) is 60.3 Å². The lowest BCUT2D eigenvalue weighted by atomic mass is 10.0.